The van der Waals surface area contributed by atoms with Crippen molar-refractivity contribution in [3.8, 4) is 22.9 Å². The molecule has 4 rings (SSSR count). The third-order valence-corrected chi connectivity index (χ3v) is 5.19. The van der Waals surface area contributed by atoms with Crippen molar-refractivity contribution in [1.29, 1.82) is 0 Å². The second-order valence-corrected chi connectivity index (χ2v) is 7.86. The summed E-state index contributed by atoms with van der Waals surface area (Å²) in [6.07, 6.45) is 3.47. The number of aliphatic hydroxyl groups excluding tert-OH is 2. The van der Waals surface area contributed by atoms with Crippen molar-refractivity contribution in [3.63, 3.8) is 0 Å². The van der Waals surface area contributed by atoms with Crippen LogP contribution in [0.25, 0.3) is 11.4 Å². The molecule has 3 heterocycles. The third-order valence-electron chi connectivity index (χ3n) is 5.19. The number of nitrogens with one attached hydrogen (secondary N) is 1. The van der Waals surface area contributed by atoms with E-state index in [4.69, 9.17) is 14.9 Å². The fourth-order valence-electron chi connectivity index (χ4n) is 3.48. The average molecular weight is 476 g/mol. The van der Waals surface area contributed by atoms with Crippen molar-refractivity contribution in [3.05, 3.63) is 84.1 Å². The van der Waals surface area contributed by atoms with Crippen LogP contribution < -0.4 is 15.8 Å². The lowest BCUT2D eigenvalue weighted by Crippen LogP contribution is -2.20. The number of rotatable bonds is 9. The van der Waals surface area contributed by atoms with Crippen molar-refractivity contribution in [2.45, 2.75) is 19.6 Å². The number of carbonyl (C=O) groups excluding carboxylic acids is 2. The summed E-state index contributed by atoms with van der Waals surface area (Å²) in [6, 6.07) is 13.5. The van der Waals surface area contributed by atoms with Gasteiger partial charge >= 0.3 is 0 Å². The van der Waals surface area contributed by atoms with Crippen LogP contribution in [0.1, 0.15) is 26.5 Å². The Labute approximate surface area is 200 Å². The Kier molecular flexibility index (Phi) is 6.95. The Balaban J connectivity index is 1.56. The number of anilines is 1. The Morgan fingerprint density at radius 2 is 2.00 bits per heavy atom. The largest absolute Gasteiger partial charge is 0.459 e. The predicted molar refractivity (Wildman–Crippen MR) is 127 cm³/mol. The molecule has 0 saturated carbocycles. The molecule has 1 aromatic carbocycles. The minimum absolute atomic E-state index is 0.0444. The van der Waals surface area contributed by atoms with Gasteiger partial charge in [-0.05, 0) is 37.3 Å². The van der Waals surface area contributed by atoms with Crippen LogP contribution >= 0.6 is 0 Å². The fraction of sp³-hybridized carbons (Fsp3) is 0.160. The summed E-state index contributed by atoms with van der Waals surface area (Å²) in [5.74, 6) is 0.169. The molecule has 0 aliphatic rings. The van der Waals surface area contributed by atoms with Gasteiger partial charge in [-0.1, -0.05) is 6.07 Å². The minimum atomic E-state index is -1.02. The molecule has 0 spiro atoms. The first-order valence-corrected chi connectivity index (χ1v) is 10.7. The molecule has 0 aliphatic carbocycles. The van der Waals surface area contributed by atoms with E-state index >= 15 is 0 Å². The van der Waals surface area contributed by atoms with Gasteiger partial charge in [-0.3, -0.25) is 14.6 Å². The standard InChI is InChI=1S/C25H24N4O6/c1-15-6-8-34-23(15)25(33)28-17-3-2-4-19(10-17)35-20-5-7-27-21(11-20)22-9-16(24(26)32)12-29(22)13-18(31)14-30/h2-12,18,30-31H,13-14H2,1H3,(H2,26,32)(H,28,33). The summed E-state index contributed by atoms with van der Waals surface area (Å²) in [5, 5.41) is 21.9. The van der Waals surface area contributed by atoms with Crippen LogP contribution in [0.3, 0.4) is 0 Å². The van der Waals surface area contributed by atoms with Gasteiger partial charge in [0.15, 0.2) is 5.76 Å². The SMILES string of the molecule is Cc1ccoc1C(=O)Nc1cccc(Oc2ccnc(-c3cc(C(N)=O)cn3CC(O)CO)c2)c1. The highest BCUT2D eigenvalue weighted by Gasteiger charge is 2.16. The van der Waals surface area contributed by atoms with Gasteiger partial charge in [-0.25, -0.2) is 0 Å². The summed E-state index contributed by atoms with van der Waals surface area (Å²) in [6.45, 7) is 1.39. The van der Waals surface area contributed by atoms with E-state index in [0.29, 0.717) is 28.6 Å². The van der Waals surface area contributed by atoms with E-state index in [9.17, 15) is 19.8 Å². The molecule has 3 aromatic heterocycles. The number of nitrogens with two attached hydrogens (primary N) is 1. The van der Waals surface area contributed by atoms with Crippen LogP contribution in [-0.4, -0.2) is 44.3 Å². The highest BCUT2D eigenvalue weighted by Crippen LogP contribution is 2.29. The van der Waals surface area contributed by atoms with Gasteiger partial charge in [0.1, 0.15) is 11.5 Å². The zero-order chi connectivity index (χ0) is 24.9. The molecule has 35 heavy (non-hydrogen) atoms. The summed E-state index contributed by atoms with van der Waals surface area (Å²) in [7, 11) is 0. The number of carbonyl (C=O) groups is 2. The maximum absolute atomic E-state index is 12.4. The first-order chi connectivity index (χ1) is 16.8. The number of amides is 2. The zero-order valence-electron chi connectivity index (χ0n) is 18.8. The maximum Gasteiger partial charge on any atom is 0.291 e. The quantitative estimate of drug-likeness (QED) is 0.290. The van der Waals surface area contributed by atoms with Crippen molar-refractivity contribution >= 4 is 17.5 Å². The second kappa shape index (κ2) is 10.2. The molecule has 0 fully saturated rings. The van der Waals surface area contributed by atoms with Crippen LogP contribution in [0, 0.1) is 6.92 Å². The minimum Gasteiger partial charge on any atom is -0.459 e. The normalized spacial score (nSPS) is 11.7. The number of nitrogens with zero attached hydrogens (tertiary/aromatic N) is 2. The molecule has 1 unspecified atom stereocenters. The van der Waals surface area contributed by atoms with E-state index in [1.165, 1.54) is 12.5 Å². The number of aromatic nitrogens is 2. The molecule has 0 radical (unpaired) electrons. The molecular weight excluding hydrogens is 452 g/mol. The lowest BCUT2D eigenvalue weighted by Gasteiger charge is -2.13. The van der Waals surface area contributed by atoms with Gasteiger partial charge in [-0.15, -0.1) is 0 Å². The fourth-order valence-corrected chi connectivity index (χ4v) is 3.48. The molecule has 10 nitrogen and oxygen atoms in total. The number of hydrogen-bond acceptors (Lipinski definition) is 7. The molecule has 180 valence electrons. The topological polar surface area (TPSA) is 153 Å². The van der Waals surface area contributed by atoms with Crippen LogP contribution in [0.15, 0.2) is 71.6 Å². The van der Waals surface area contributed by atoms with E-state index in [0.717, 1.165) is 5.56 Å². The Morgan fingerprint density at radius 3 is 2.71 bits per heavy atom. The molecule has 4 aromatic rings. The predicted octanol–water partition coefficient (Wildman–Crippen LogP) is 2.95. The van der Waals surface area contributed by atoms with Crippen molar-refractivity contribution in [2.75, 3.05) is 11.9 Å². The molecule has 0 bridgehead atoms. The number of aryl methyl sites for hydroxylation is 1. The number of furan rings is 1. The Morgan fingerprint density at radius 1 is 1.20 bits per heavy atom. The lowest BCUT2D eigenvalue weighted by molar-refractivity contribution is 0.0815. The van der Waals surface area contributed by atoms with Crippen LogP contribution in [0.5, 0.6) is 11.5 Å². The van der Waals surface area contributed by atoms with E-state index in [2.05, 4.69) is 10.3 Å². The summed E-state index contributed by atoms with van der Waals surface area (Å²) in [5.41, 5.74) is 7.90. The van der Waals surface area contributed by atoms with E-state index < -0.39 is 18.6 Å². The zero-order valence-corrected chi connectivity index (χ0v) is 18.8. The smallest absolute Gasteiger partial charge is 0.291 e. The molecule has 0 saturated heterocycles. The van der Waals surface area contributed by atoms with Gasteiger partial charge in [-0.2, -0.15) is 0 Å². The molecule has 10 heteroatoms. The van der Waals surface area contributed by atoms with Gasteiger partial charge in [0.25, 0.3) is 5.91 Å². The van der Waals surface area contributed by atoms with Gasteiger partial charge in [0, 0.05) is 35.8 Å². The van der Waals surface area contributed by atoms with Crippen LogP contribution in [0.2, 0.25) is 0 Å². The summed E-state index contributed by atoms with van der Waals surface area (Å²) in [4.78, 5) is 28.5. The van der Waals surface area contributed by atoms with Crippen LogP contribution in [0.4, 0.5) is 5.69 Å². The lowest BCUT2D eigenvalue weighted by atomic mass is 10.2. The van der Waals surface area contributed by atoms with Crippen molar-refractivity contribution in [1.82, 2.24) is 9.55 Å². The Bertz CT molecular complexity index is 1360. The monoisotopic (exact) mass is 476 g/mol. The third kappa shape index (κ3) is 5.57. The molecular formula is C25H24N4O6. The van der Waals surface area contributed by atoms with Crippen LogP contribution in [-0.2, 0) is 6.54 Å². The first-order valence-electron chi connectivity index (χ1n) is 10.7. The maximum atomic E-state index is 12.4. The summed E-state index contributed by atoms with van der Waals surface area (Å²) < 4.78 is 12.8. The van der Waals surface area contributed by atoms with Gasteiger partial charge in [0.05, 0.1) is 42.5 Å². The van der Waals surface area contributed by atoms with E-state index in [1.54, 1.807) is 66.2 Å². The number of aliphatic hydroxyl groups is 2. The number of hydrogen-bond donors (Lipinski definition) is 4. The van der Waals surface area contributed by atoms with Crippen molar-refractivity contribution < 1.29 is 29.0 Å². The van der Waals surface area contributed by atoms with E-state index in [-0.39, 0.29) is 23.8 Å². The second-order valence-electron chi connectivity index (χ2n) is 7.86. The molecule has 1 atom stereocenters. The molecule has 2 amide bonds. The number of pyridine rings is 1. The highest BCUT2D eigenvalue weighted by atomic mass is 16.5. The van der Waals surface area contributed by atoms with Crippen molar-refractivity contribution in [2.24, 2.45) is 5.73 Å². The average Bonchev–Trinajstić information content (AvgIpc) is 3.46. The van der Waals surface area contributed by atoms with Gasteiger partial charge < -0.3 is 35.0 Å². The van der Waals surface area contributed by atoms with E-state index in [1.807, 2.05) is 0 Å². The Hall–Kier alpha value is -4.41. The molecule has 0 aliphatic heterocycles. The summed E-state index contributed by atoms with van der Waals surface area (Å²) >= 11 is 0. The number of ether oxygens (including phenoxy) is 1. The number of primary amides is 1. The number of benzene rings is 1. The highest BCUT2D eigenvalue weighted by molar-refractivity contribution is 6.03. The molecule has 5 N–H and O–H groups in total. The first kappa shape index (κ1) is 23.7. The van der Waals surface area contributed by atoms with Gasteiger partial charge in [0.2, 0.25) is 5.91 Å².